The predicted molar refractivity (Wildman–Crippen MR) is 44.7 cm³/mol. The van der Waals surface area contributed by atoms with E-state index < -0.39 is 16.7 Å². The van der Waals surface area contributed by atoms with Crippen LogP contribution in [0.4, 0.5) is 15.8 Å². The topological polar surface area (TPSA) is 72.2 Å². The molecule has 1 rings (SSSR count). The van der Waals surface area contributed by atoms with Gasteiger partial charge in [0, 0.05) is 0 Å². The number of halogens is 1. The van der Waals surface area contributed by atoms with Crippen molar-refractivity contribution < 1.29 is 12.8 Å². The number of nitrogen functional groups attached to an aromatic ring is 1. The van der Waals surface area contributed by atoms with Crippen LogP contribution in [0.25, 0.3) is 0 Å². The second-order valence-corrected chi connectivity index (χ2v) is 2.84. The van der Waals surface area contributed by atoms with Crippen LogP contribution < -0.4 is 10.5 Å². The van der Waals surface area contributed by atoms with Crippen LogP contribution in [0.3, 0.4) is 0 Å². The van der Waals surface area contributed by atoms with Crippen LogP contribution in [0, 0.1) is 5.82 Å². The second kappa shape index (κ2) is 3.40. The van der Waals surface area contributed by atoms with E-state index in [1.807, 2.05) is 0 Å². The lowest BCUT2D eigenvalue weighted by molar-refractivity contribution is 0.618. The fraction of sp³-hybridized carbons (Fsp3) is 0. The molecule has 3 N–H and O–H groups in total. The van der Waals surface area contributed by atoms with Gasteiger partial charge in [-0.1, -0.05) is 0 Å². The molecule has 0 fully saturated rings. The van der Waals surface area contributed by atoms with Crippen LogP contribution in [-0.2, 0) is 10.9 Å². The van der Waals surface area contributed by atoms with Crippen molar-refractivity contribution in [2.45, 2.75) is 0 Å². The normalized spacial score (nSPS) is 10.2. The van der Waals surface area contributed by atoms with Crippen LogP contribution in [0.2, 0.25) is 0 Å². The third-order valence-electron chi connectivity index (χ3n) is 1.22. The van der Waals surface area contributed by atoms with Gasteiger partial charge in [-0.25, -0.2) is 12.8 Å². The van der Waals surface area contributed by atoms with E-state index in [2.05, 4.69) is 4.72 Å². The summed E-state index contributed by atoms with van der Waals surface area (Å²) in [5.41, 5.74) is 5.35. The number of rotatable bonds is 2. The Bertz CT molecular complexity index is 357. The molecule has 12 heavy (non-hydrogen) atoms. The molecule has 0 bridgehead atoms. The van der Waals surface area contributed by atoms with E-state index in [9.17, 15) is 12.8 Å². The highest BCUT2D eigenvalue weighted by Crippen LogP contribution is 2.15. The third-order valence-corrected chi connectivity index (χ3v) is 1.66. The van der Waals surface area contributed by atoms with Gasteiger partial charge in [-0.15, -0.1) is 0 Å². The summed E-state index contributed by atoms with van der Waals surface area (Å²) in [6.45, 7) is 0. The van der Waals surface area contributed by atoms with Gasteiger partial charge in [0.25, 0.3) is 0 Å². The van der Waals surface area contributed by atoms with Crippen molar-refractivity contribution in [3.05, 3.63) is 24.0 Å². The van der Waals surface area contributed by atoms with Gasteiger partial charge >= 0.3 is 0 Å². The van der Waals surface area contributed by atoms with Crippen LogP contribution in [0.1, 0.15) is 0 Å². The summed E-state index contributed by atoms with van der Waals surface area (Å²) in [7, 11) is -2.73. The molecule has 0 aromatic heterocycles. The lowest BCUT2D eigenvalue weighted by atomic mass is 10.3. The first-order chi connectivity index (χ1) is 5.59. The average molecular weight is 190 g/mol. The van der Waals surface area contributed by atoms with Crippen molar-refractivity contribution in [2.75, 3.05) is 10.5 Å². The van der Waals surface area contributed by atoms with Gasteiger partial charge in [-0.3, -0.25) is 4.72 Å². The van der Waals surface area contributed by atoms with Crippen LogP contribution in [0.15, 0.2) is 18.2 Å². The molecule has 0 unspecified atom stereocenters. The maximum Gasteiger partial charge on any atom is 0.222 e. The Kier molecular flexibility index (Phi) is 2.49. The monoisotopic (exact) mass is 190 g/mol. The first kappa shape index (κ1) is 8.79. The van der Waals surface area contributed by atoms with E-state index in [0.29, 0.717) is 0 Å². The fourth-order valence-electron chi connectivity index (χ4n) is 0.719. The van der Waals surface area contributed by atoms with E-state index in [4.69, 9.17) is 5.73 Å². The maximum atomic E-state index is 12.5. The smallest absolute Gasteiger partial charge is 0.222 e. The van der Waals surface area contributed by atoms with Crippen molar-refractivity contribution in [3.8, 4) is 0 Å². The van der Waals surface area contributed by atoms with Crippen LogP contribution >= 0.6 is 0 Å². The van der Waals surface area contributed by atoms with Crippen LogP contribution in [0.5, 0.6) is 0 Å². The first-order valence-electron chi connectivity index (χ1n) is 3.05. The molecule has 0 radical (unpaired) electrons. The van der Waals surface area contributed by atoms with Crippen molar-refractivity contribution in [2.24, 2.45) is 0 Å². The molecule has 4 nitrogen and oxygen atoms in total. The molecule has 1 aromatic carbocycles. The zero-order valence-corrected chi connectivity index (χ0v) is 6.85. The average Bonchev–Trinajstić information content (AvgIpc) is 1.96. The van der Waals surface area contributed by atoms with Gasteiger partial charge in [-0.05, 0) is 18.2 Å². The Hall–Kier alpha value is -1.30. The highest BCUT2D eigenvalue weighted by atomic mass is 32.2. The zero-order chi connectivity index (χ0) is 9.14. The summed E-state index contributed by atoms with van der Waals surface area (Å²) in [5, 5.41) is 0. The van der Waals surface area contributed by atoms with E-state index in [1.54, 1.807) is 0 Å². The predicted octanol–water partition coefficient (Wildman–Crippen LogP) is 0.346. The lowest BCUT2D eigenvalue weighted by Gasteiger charge is -2.00. The van der Waals surface area contributed by atoms with Crippen molar-refractivity contribution in [1.82, 2.24) is 0 Å². The molecule has 0 atom stereocenters. The SMILES string of the molecule is Nc1cc(N[SH](=O)=O)ccc1F. The molecule has 1 aromatic rings. The molecule has 0 saturated heterocycles. The Morgan fingerprint density at radius 1 is 1.42 bits per heavy atom. The minimum absolute atomic E-state index is 0.0862. The molecule has 0 aliphatic heterocycles. The van der Waals surface area contributed by atoms with E-state index in [0.717, 1.165) is 6.07 Å². The number of hydrogen-bond acceptors (Lipinski definition) is 3. The molecule has 66 valence electrons. The number of nitrogens with one attached hydrogen (secondary N) is 1. The van der Waals surface area contributed by atoms with Crippen molar-refractivity contribution in [1.29, 1.82) is 0 Å². The van der Waals surface area contributed by atoms with Crippen LogP contribution in [-0.4, -0.2) is 8.42 Å². The minimum Gasteiger partial charge on any atom is -0.396 e. The van der Waals surface area contributed by atoms with E-state index in [1.165, 1.54) is 12.1 Å². The second-order valence-electron chi connectivity index (χ2n) is 2.11. The number of nitrogens with two attached hydrogens (primary N) is 1. The van der Waals surface area contributed by atoms with Gasteiger partial charge in [0.05, 0.1) is 11.4 Å². The van der Waals surface area contributed by atoms with E-state index in [-0.39, 0.29) is 11.4 Å². The molecule has 0 saturated carbocycles. The standard InChI is InChI=1S/C6H7FN2O2S/c7-5-2-1-4(3-6(5)8)9-12(10)11/h1-3,12H,8H2,(H,9,10,11). The van der Waals surface area contributed by atoms with E-state index >= 15 is 0 Å². The fourth-order valence-corrected chi connectivity index (χ4v) is 1.07. The number of anilines is 2. The molecule has 0 spiro atoms. The summed E-state index contributed by atoms with van der Waals surface area (Å²) in [6.07, 6.45) is 0. The molecular weight excluding hydrogens is 183 g/mol. The summed E-state index contributed by atoms with van der Waals surface area (Å²) in [4.78, 5) is 0. The Labute approximate surface area is 70.3 Å². The summed E-state index contributed by atoms with van der Waals surface area (Å²) in [5.74, 6) is -0.568. The zero-order valence-electron chi connectivity index (χ0n) is 5.95. The first-order valence-corrected chi connectivity index (χ1v) is 4.23. The third kappa shape index (κ3) is 2.09. The van der Waals surface area contributed by atoms with Gasteiger partial charge in [0.2, 0.25) is 10.9 Å². The number of thiol groups is 1. The Morgan fingerprint density at radius 3 is 2.58 bits per heavy atom. The van der Waals surface area contributed by atoms with Gasteiger partial charge in [0.1, 0.15) is 5.82 Å². The minimum atomic E-state index is -2.73. The summed E-state index contributed by atoms with van der Waals surface area (Å²) in [6, 6.07) is 3.59. The Morgan fingerprint density at radius 2 is 2.08 bits per heavy atom. The van der Waals surface area contributed by atoms with Gasteiger partial charge in [0.15, 0.2) is 0 Å². The molecule has 0 aliphatic rings. The largest absolute Gasteiger partial charge is 0.396 e. The van der Waals surface area contributed by atoms with Crippen molar-refractivity contribution in [3.63, 3.8) is 0 Å². The number of benzene rings is 1. The molecule has 6 heteroatoms. The molecule has 0 aliphatic carbocycles. The molecule has 0 heterocycles. The summed E-state index contributed by atoms with van der Waals surface area (Å²) < 4.78 is 34.9. The Balaban J connectivity index is 2.97. The molecular formula is C6H7FN2O2S. The molecule has 0 amide bonds. The van der Waals surface area contributed by atoms with Gasteiger partial charge in [-0.2, -0.15) is 0 Å². The summed E-state index contributed by atoms with van der Waals surface area (Å²) >= 11 is 0. The maximum absolute atomic E-state index is 12.5. The van der Waals surface area contributed by atoms with Gasteiger partial charge < -0.3 is 5.73 Å². The number of hydrogen-bond donors (Lipinski definition) is 3. The highest BCUT2D eigenvalue weighted by Gasteiger charge is 1.98. The quantitative estimate of drug-likeness (QED) is 0.465. The highest BCUT2D eigenvalue weighted by molar-refractivity contribution is 7.73. The van der Waals surface area contributed by atoms with Crippen molar-refractivity contribution >= 4 is 22.3 Å². The lowest BCUT2D eigenvalue weighted by Crippen LogP contribution is -1.97.